The van der Waals surface area contributed by atoms with E-state index in [4.69, 9.17) is 0 Å². The third-order valence-corrected chi connectivity index (χ3v) is 2.30. The van der Waals surface area contributed by atoms with Crippen molar-refractivity contribution >= 4 is 11.6 Å². The Morgan fingerprint density at radius 2 is 1.84 bits per heavy atom. The van der Waals surface area contributed by atoms with E-state index in [-0.39, 0.29) is 0 Å². The topological polar surface area (TPSA) is 41.1 Å². The zero-order valence-corrected chi connectivity index (χ0v) is 10.2. The van der Waals surface area contributed by atoms with Crippen molar-refractivity contribution < 1.29 is 22.4 Å². The summed E-state index contributed by atoms with van der Waals surface area (Å²) in [4.78, 5) is 11.3. The molecule has 2 N–H and O–H groups in total. The highest BCUT2D eigenvalue weighted by atomic mass is 19.3. The summed E-state index contributed by atoms with van der Waals surface area (Å²) in [5.41, 5.74) is 1.52. The maximum atomic E-state index is 12.5. The molecule has 1 aromatic carbocycles. The van der Waals surface area contributed by atoms with Gasteiger partial charge in [0.1, 0.15) is 0 Å². The number of hydrogen-bond donors (Lipinski definition) is 2. The zero-order valence-electron chi connectivity index (χ0n) is 10.2. The fraction of sp³-hybridized carbons (Fsp3) is 0.417. The van der Waals surface area contributed by atoms with Crippen LogP contribution in [-0.2, 0) is 4.79 Å². The van der Waals surface area contributed by atoms with Crippen LogP contribution in [0.3, 0.4) is 0 Å². The smallest absolute Gasteiger partial charge is 0.319 e. The lowest BCUT2D eigenvalue weighted by Crippen LogP contribution is -2.41. The summed E-state index contributed by atoms with van der Waals surface area (Å²) < 4.78 is 48.7. The van der Waals surface area contributed by atoms with Crippen molar-refractivity contribution in [3.8, 4) is 0 Å². The first kappa shape index (κ1) is 15.4. The molecule has 1 amide bonds. The minimum absolute atomic E-state index is 0.462. The molecule has 1 rings (SSSR count). The first-order valence-electron chi connectivity index (χ1n) is 5.54. The van der Waals surface area contributed by atoms with Crippen molar-refractivity contribution in [2.75, 3.05) is 18.4 Å². The Bertz CT molecular complexity index is 420. The van der Waals surface area contributed by atoms with E-state index < -0.39 is 31.3 Å². The molecule has 0 atom stereocenters. The van der Waals surface area contributed by atoms with Crippen LogP contribution in [0.4, 0.5) is 23.2 Å². The fourth-order valence-electron chi connectivity index (χ4n) is 1.26. The minimum Gasteiger partial charge on any atom is -0.325 e. The number of carbonyl (C=O) groups excluding carboxylic acids is 1. The van der Waals surface area contributed by atoms with E-state index in [2.05, 4.69) is 5.32 Å². The largest absolute Gasteiger partial charge is 0.325 e. The summed E-state index contributed by atoms with van der Waals surface area (Å²) in [7, 11) is 0. The second-order valence-electron chi connectivity index (χ2n) is 4.08. The maximum Gasteiger partial charge on any atom is 0.319 e. The molecule has 0 heterocycles. The molecule has 19 heavy (non-hydrogen) atoms. The molecule has 0 aromatic heterocycles. The molecule has 0 aliphatic carbocycles. The average Bonchev–Trinajstić information content (AvgIpc) is 2.31. The normalized spacial score (nSPS) is 11.7. The van der Waals surface area contributed by atoms with Crippen LogP contribution in [0.5, 0.6) is 0 Å². The molecule has 0 spiro atoms. The molecule has 0 fully saturated rings. The third-order valence-electron chi connectivity index (χ3n) is 2.30. The molecule has 1 aromatic rings. The molecule has 3 nitrogen and oxygen atoms in total. The molecular formula is C12H14F4N2O. The van der Waals surface area contributed by atoms with Crippen molar-refractivity contribution in [3.05, 3.63) is 29.8 Å². The van der Waals surface area contributed by atoms with Gasteiger partial charge < -0.3 is 10.6 Å². The van der Waals surface area contributed by atoms with Crippen LogP contribution in [0.25, 0.3) is 0 Å². The Morgan fingerprint density at radius 1 is 1.26 bits per heavy atom. The van der Waals surface area contributed by atoms with E-state index in [0.717, 1.165) is 5.56 Å². The van der Waals surface area contributed by atoms with Gasteiger partial charge in [-0.25, -0.2) is 8.78 Å². The molecule has 0 radical (unpaired) electrons. The first-order valence-corrected chi connectivity index (χ1v) is 5.54. The molecule has 0 unspecified atom stereocenters. The van der Waals surface area contributed by atoms with E-state index in [1.807, 2.05) is 12.2 Å². The number of nitrogens with one attached hydrogen (secondary N) is 2. The average molecular weight is 278 g/mol. The highest BCUT2D eigenvalue weighted by molar-refractivity contribution is 5.92. The molecule has 106 valence electrons. The van der Waals surface area contributed by atoms with Gasteiger partial charge in [0, 0.05) is 5.69 Å². The Kier molecular flexibility index (Phi) is 5.29. The lowest BCUT2D eigenvalue weighted by atomic mass is 10.2. The molecular weight excluding hydrogens is 264 g/mol. The Hall–Kier alpha value is -1.63. The van der Waals surface area contributed by atoms with E-state index in [0.29, 0.717) is 5.69 Å². The van der Waals surface area contributed by atoms with Crippen molar-refractivity contribution in [2.24, 2.45) is 0 Å². The van der Waals surface area contributed by atoms with Crippen molar-refractivity contribution in [1.82, 2.24) is 5.32 Å². The lowest BCUT2D eigenvalue weighted by molar-refractivity contribution is -0.127. The van der Waals surface area contributed by atoms with Crippen LogP contribution < -0.4 is 10.6 Å². The monoisotopic (exact) mass is 278 g/mol. The number of carbonyl (C=O) groups is 1. The number of hydrogen-bond acceptors (Lipinski definition) is 2. The van der Waals surface area contributed by atoms with Crippen LogP contribution >= 0.6 is 0 Å². The SMILES string of the molecule is Cc1ccc(NC(=O)CNCC(F)(F)C(F)F)cc1. The highest BCUT2D eigenvalue weighted by Gasteiger charge is 2.40. The predicted octanol–water partition coefficient (Wildman–Crippen LogP) is 2.42. The Morgan fingerprint density at radius 3 is 2.37 bits per heavy atom. The van der Waals surface area contributed by atoms with Gasteiger partial charge in [-0.3, -0.25) is 4.79 Å². The van der Waals surface area contributed by atoms with Gasteiger partial charge >= 0.3 is 12.3 Å². The number of aryl methyl sites for hydroxylation is 1. The molecule has 0 aliphatic rings. The molecule has 0 saturated carbocycles. The molecule has 0 bridgehead atoms. The third kappa shape index (κ3) is 5.25. The summed E-state index contributed by atoms with van der Waals surface area (Å²) in [5.74, 6) is -4.71. The van der Waals surface area contributed by atoms with Gasteiger partial charge in [-0.05, 0) is 19.1 Å². The van der Waals surface area contributed by atoms with Crippen LogP contribution in [-0.4, -0.2) is 31.3 Å². The van der Waals surface area contributed by atoms with Gasteiger partial charge in [0.05, 0.1) is 13.1 Å². The van der Waals surface area contributed by atoms with Gasteiger partial charge in [0.15, 0.2) is 0 Å². The van der Waals surface area contributed by atoms with E-state index in [1.165, 1.54) is 0 Å². The van der Waals surface area contributed by atoms with Crippen LogP contribution in [0, 0.1) is 6.92 Å². The van der Waals surface area contributed by atoms with Crippen molar-refractivity contribution in [3.63, 3.8) is 0 Å². The molecule has 0 aliphatic heterocycles. The number of halogens is 4. The van der Waals surface area contributed by atoms with E-state index in [9.17, 15) is 22.4 Å². The lowest BCUT2D eigenvalue weighted by Gasteiger charge is -2.15. The fourth-order valence-corrected chi connectivity index (χ4v) is 1.26. The van der Waals surface area contributed by atoms with Crippen LogP contribution in [0.2, 0.25) is 0 Å². The minimum atomic E-state index is -4.13. The summed E-state index contributed by atoms with van der Waals surface area (Å²) in [6, 6.07) is 6.85. The van der Waals surface area contributed by atoms with E-state index in [1.54, 1.807) is 24.3 Å². The summed E-state index contributed by atoms with van der Waals surface area (Å²) in [5, 5.41) is 4.45. The zero-order chi connectivity index (χ0) is 14.5. The number of benzene rings is 1. The molecule has 7 heteroatoms. The molecule has 0 saturated heterocycles. The van der Waals surface area contributed by atoms with Gasteiger partial charge in [-0.2, -0.15) is 8.78 Å². The first-order chi connectivity index (χ1) is 8.81. The standard InChI is InChI=1S/C12H14F4N2O/c1-8-2-4-9(5-3-8)18-10(19)6-17-7-12(15,16)11(13)14/h2-5,11,17H,6-7H2,1H3,(H,18,19). The van der Waals surface area contributed by atoms with Gasteiger partial charge in [0.2, 0.25) is 5.91 Å². The number of anilines is 1. The van der Waals surface area contributed by atoms with Crippen molar-refractivity contribution in [1.29, 1.82) is 0 Å². The summed E-state index contributed by atoms with van der Waals surface area (Å²) in [6.07, 6.45) is -3.75. The second-order valence-corrected chi connectivity index (χ2v) is 4.08. The van der Waals surface area contributed by atoms with Crippen LogP contribution in [0.1, 0.15) is 5.56 Å². The van der Waals surface area contributed by atoms with Crippen molar-refractivity contribution in [2.45, 2.75) is 19.3 Å². The second kappa shape index (κ2) is 6.51. The van der Waals surface area contributed by atoms with Gasteiger partial charge in [0.25, 0.3) is 0 Å². The van der Waals surface area contributed by atoms with Crippen LogP contribution in [0.15, 0.2) is 24.3 Å². The quantitative estimate of drug-likeness (QED) is 0.785. The Labute approximate surface area is 108 Å². The number of amides is 1. The number of rotatable bonds is 6. The van der Waals surface area contributed by atoms with E-state index >= 15 is 0 Å². The highest BCUT2D eigenvalue weighted by Crippen LogP contribution is 2.21. The van der Waals surface area contributed by atoms with Gasteiger partial charge in [-0.15, -0.1) is 0 Å². The summed E-state index contributed by atoms with van der Waals surface area (Å²) >= 11 is 0. The predicted molar refractivity (Wildman–Crippen MR) is 63.6 cm³/mol. The maximum absolute atomic E-state index is 12.5. The Balaban J connectivity index is 2.34. The summed E-state index contributed by atoms with van der Waals surface area (Å²) in [6.45, 7) is 0.168. The number of alkyl halides is 4. The van der Waals surface area contributed by atoms with Gasteiger partial charge in [-0.1, -0.05) is 17.7 Å².